The number of nitrogens with two attached hydrogens (primary N) is 1. The highest BCUT2D eigenvalue weighted by atomic mass is 32.2. The van der Waals surface area contributed by atoms with Gasteiger partial charge in [0.1, 0.15) is 4.90 Å². The molecule has 0 aliphatic carbocycles. The van der Waals surface area contributed by atoms with Crippen LogP contribution in [0.5, 0.6) is 0 Å². The number of nitrogens with zero attached hydrogens (tertiary/aromatic N) is 2. The molecule has 16 heavy (non-hydrogen) atoms. The van der Waals surface area contributed by atoms with E-state index >= 15 is 0 Å². The van der Waals surface area contributed by atoms with Crippen molar-refractivity contribution < 1.29 is 22.1 Å². The van der Waals surface area contributed by atoms with Gasteiger partial charge in [0.05, 0.1) is 11.6 Å². The summed E-state index contributed by atoms with van der Waals surface area (Å²) in [6.45, 7) is 0. The Hall–Kier alpha value is -1.68. The molecule has 0 unspecified atom stereocenters. The molecule has 0 saturated carbocycles. The summed E-state index contributed by atoms with van der Waals surface area (Å²) in [4.78, 5) is 11.3. The lowest BCUT2D eigenvalue weighted by molar-refractivity contribution is -0.389. The maximum Gasteiger partial charge on any atom is 0.364 e. The third-order valence-corrected chi connectivity index (χ3v) is 2.58. The Morgan fingerprint density at radius 2 is 2.06 bits per heavy atom. The molecular weight excluding hydrogens is 248 g/mol. The number of hydrogen-bond donors (Lipinski definition) is 1. The SMILES string of the molecule is NS(=O)(=O)c1cc([N+](=O)[O-])ncc1C(F)F. The van der Waals surface area contributed by atoms with Gasteiger partial charge in [0.25, 0.3) is 6.43 Å². The van der Waals surface area contributed by atoms with Crippen molar-refractivity contribution in [1.29, 1.82) is 0 Å². The van der Waals surface area contributed by atoms with Crippen LogP contribution in [0.25, 0.3) is 0 Å². The smallest absolute Gasteiger partial charge is 0.358 e. The van der Waals surface area contributed by atoms with Crippen molar-refractivity contribution >= 4 is 15.8 Å². The first-order chi connectivity index (χ1) is 7.23. The van der Waals surface area contributed by atoms with Crippen LogP contribution in [0.4, 0.5) is 14.6 Å². The molecule has 1 aromatic heterocycles. The van der Waals surface area contributed by atoms with Crippen LogP contribution in [0.15, 0.2) is 17.2 Å². The molecule has 0 atom stereocenters. The van der Waals surface area contributed by atoms with Crippen LogP contribution in [-0.4, -0.2) is 18.3 Å². The van der Waals surface area contributed by atoms with Crippen molar-refractivity contribution in [2.75, 3.05) is 0 Å². The summed E-state index contributed by atoms with van der Waals surface area (Å²) in [6.07, 6.45) is -2.72. The number of pyridine rings is 1. The highest BCUT2D eigenvalue weighted by Crippen LogP contribution is 2.27. The Kier molecular flexibility index (Phi) is 3.14. The first kappa shape index (κ1) is 12.4. The van der Waals surface area contributed by atoms with E-state index in [9.17, 15) is 27.3 Å². The predicted octanol–water partition coefficient (Wildman–Crippen LogP) is 0.575. The van der Waals surface area contributed by atoms with Crippen molar-refractivity contribution in [3.63, 3.8) is 0 Å². The molecule has 0 radical (unpaired) electrons. The minimum Gasteiger partial charge on any atom is -0.358 e. The molecule has 88 valence electrons. The topological polar surface area (TPSA) is 116 Å². The maximum atomic E-state index is 12.4. The molecule has 0 fully saturated rings. The standard InChI is InChI=1S/C6H5F2N3O4S/c7-6(8)3-2-10-5(11(12)13)1-4(3)16(9,14)15/h1-2,6H,(H2,9,14,15). The summed E-state index contributed by atoms with van der Waals surface area (Å²) in [7, 11) is -4.46. The van der Waals surface area contributed by atoms with Gasteiger partial charge in [-0.25, -0.2) is 22.3 Å². The second-order valence-electron chi connectivity index (χ2n) is 2.68. The van der Waals surface area contributed by atoms with Gasteiger partial charge in [-0.3, -0.25) is 0 Å². The first-order valence-electron chi connectivity index (χ1n) is 3.68. The Morgan fingerprint density at radius 3 is 2.44 bits per heavy atom. The third-order valence-electron chi connectivity index (χ3n) is 1.61. The summed E-state index contributed by atoms with van der Waals surface area (Å²) >= 11 is 0. The van der Waals surface area contributed by atoms with Gasteiger partial charge in [0.15, 0.2) is 6.20 Å². The maximum absolute atomic E-state index is 12.4. The summed E-state index contributed by atoms with van der Waals surface area (Å²) in [6, 6.07) is 0.400. The van der Waals surface area contributed by atoms with E-state index in [1.165, 1.54) is 0 Å². The van der Waals surface area contributed by atoms with Gasteiger partial charge in [-0.05, 0) is 9.91 Å². The van der Waals surface area contributed by atoms with Crippen LogP contribution < -0.4 is 5.14 Å². The van der Waals surface area contributed by atoms with Gasteiger partial charge in [0.2, 0.25) is 10.0 Å². The molecule has 10 heteroatoms. The van der Waals surface area contributed by atoms with Gasteiger partial charge in [0, 0.05) is 0 Å². The lowest BCUT2D eigenvalue weighted by Crippen LogP contribution is -2.15. The van der Waals surface area contributed by atoms with Crippen LogP contribution in [0.1, 0.15) is 12.0 Å². The Bertz CT molecular complexity index is 531. The number of rotatable bonds is 3. The van der Waals surface area contributed by atoms with Gasteiger partial charge < -0.3 is 10.1 Å². The molecule has 0 saturated heterocycles. The number of hydrogen-bond acceptors (Lipinski definition) is 5. The lowest BCUT2D eigenvalue weighted by Gasteiger charge is -2.04. The Balaban J connectivity index is 3.51. The van der Waals surface area contributed by atoms with E-state index in [1.54, 1.807) is 0 Å². The van der Waals surface area contributed by atoms with Crippen molar-refractivity contribution in [2.24, 2.45) is 5.14 Å². The normalized spacial score (nSPS) is 11.8. The average molecular weight is 253 g/mol. The molecule has 0 aliphatic rings. The van der Waals surface area contributed by atoms with Gasteiger partial charge in [-0.15, -0.1) is 0 Å². The van der Waals surface area contributed by atoms with Crippen LogP contribution in [0.2, 0.25) is 0 Å². The molecule has 2 N–H and O–H groups in total. The third kappa shape index (κ3) is 2.46. The number of sulfonamides is 1. The van der Waals surface area contributed by atoms with E-state index in [4.69, 9.17) is 0 Å². The fourth-order valence-electron chi connectivity index (χ4n) is 0.947. The molecule has 0 spiro atoms. The number of halogens is 2. The Labute approximate surface area is 88.1 Å². The second kappa shape index (κ2) is 4.06. The summed E-state index contributed by atoms with van der Waals surface area (Å²) < 4.78 is 46.6. The zero-order valence-corrected chi connectivity index (χ0v) is 8.32. The van der Waals surface area contributed by atoms with Gasteiger partial charge in [-0.1, -0.05) is 0 Å². The van der Waals surface area contributed by atoms with E-state index in [0.717, 1.165) is 0 Å². The predicted molar refractivity (Wildman–Crippen MR) is 47.2 cm³/mol. The molecule has 1 aromatic rings. The number of primary sulfonamides is 1. The molecule has 0 aliphatic heterocycles. The number of alkyl halides is 2. The quantitative estimate of drug-likeness (QED) is 0.624. The molecule has 0 amide bonds. The zero-order valence-electron chi connectivity index (χ0n) is 7.50. The lowest BCUT2D eigenvalue weighted by atomic mass is 10.3. The van der Waals surface area contributed by atoms with Crippen molar-refractivity contribution in [1.82, 2.24) is 4.98 Å². The average Bonchev–Trinajstić information content (AvgIpc) is 2.15. The zero-order chi connectivity index (χ0) is 12.5. The fraction of sp³-hybridized carbons (Fsp3) is 0.167. The van der Waals surface area contributed by atoms with Crippen LogP contribution >= 0.6 is 0 Å². The minimum atomic E-state index is -4.46. The Morgan fingerprint density at radius 1 is 1.50 bits per heavy atom. The molecule has 0 aromatic carbocycles. The van der Waals surface area contributed by atoms with Gasteiger partial charge >= 0.3 is 5.82 Å². The summed E-state index contributed by atoms with van der Waals surface area (Å²) in [5, 5.41) is 14.9. The van der Waals surface area contributed by atoms with Gasteiger partial charge in [-0.2, -0.15) is 0 Å². The molecule has 0 bridgehead atoms. The van der Waals surface area contributed by atoms with Crippen LogP contribution in [-0.2, 0) is 10.0 Å². The first-order valence-corrected chi connectivity index (χ1v) is 5.23. The number of aromatic nitrogens is 1. The van der Waals surface area contributed by atoms with E-state index in [-0.39, 0.29) is 0 Å². The molecule has 1 rings (SSSR count). The van der Waals surface area contributed by atoms with E-state index in [2.05, 4.69) is 10.1 Å². The van der Waals surface area contributed by atoms with Crippen molar-refractivity contribution in [3.05, 3.63) is 27.9 Å². The van der Waals surface area contributed by atoms with Crippen LogP contribution in [0, 0.1) is 10.1 Å². The molecule has 7 nitrogen and oxygen atoms in total. The second-order valence-corrected chi connectivity index (χ2v) is 4.21. The van der Waals surface area contributed by atoms with E-state index in [0.29, 0.717) is 12.3 Å². The highest BCUT2D eigenvalue weighted by molar-refractivity contribution is 7.89. The van der Waals surface area contributed by atoms with Crippen molar-refractivity contribution in [3.8, 4) is 0 Å². The largest absolute Gasteiger partial charge is 0.364 e. The summed E-state index contributed by atoms with van der Waals surface area (Å²) in [5.74, 6) is -0.867. The van der Waals surface area contributed by atoms with Crippen molar-refractivity contribution in [2.45, 2.75) is 11.3 Å². The van der Waals surface area contributed by atoms with E-state index < -0.39 is 37.6 Å². The number of nitro groups is 1. The highest BCUT2D eigenvalue weighted by Gasteiger charge is 2.25. The molecular formula is C6H5F2N3O4S. The fourth-order valence-corrected chi connectivity index (χ4v) is 1.69. The van der Waals surface area contributed by atoms with Crippen LogP contribution in [0.3, 0.4) is 0 Å². The minimum absolute atomic E-state index is 0.400. The summed E-state index contributed by atoms with van der Waals surface area (Å²) in [5.41, 5.74) is -0.965. The molecule has 1 heterocycles. The monoisotopic (exact) mass is 253 g/mol. The van der Waals surface area contributed by atoms with E-state index in [1.807, 2.05) is 0 Å².